The van der Waals surface area contributed by atoms with Crippen molar-refractivity contribution in [2.24, 2.45) is 11.8 Å². The highest BCUT2D eigenvalue weighted by atomic mass is 79.9. The van der Waals surface area contributed by atoms with E-state index in [2.05, 4.69) is 20.8 Å². The molecular weight excluding hydrogens is 721 g/mol. The van der Waals surface area contributed by atoms with Crippen LogP contribution < -0.4 is 4.90 Å². The second-order valence-corrected chi connectivity index (χ2v) is 18.6. The number of carbonyl (C=O) groups is 1. The number of thiophene rings is 1. The average molecular weight is 758 g/mol. The third-order valence-corrected chi connectivity index (χ3v) is 16.0. The molecule has 0 saturated carbocycles. The number of halogens is 3. The van der Waals surface area contributed by atoms with Crippen molar-refractivity contribution in [3.8, 4) is 0 Å². The minimum Gasteiger partial charge on any atom is -0.480 e. The van der Waals surface area contributed by atoms with Crippen LogP contribution in [0.2, 0.25) is 9.36 Å². The fourth-order valence-corrected chi connectivity index (χ4v) is 12.5. The SMILES string of the molecule is O=C(O)C1CCCN1S(=O)(=O)c1ccc(N2CCC(CCCC3CCN(S(=O)(=O)c4cc(Br)c(Cl)s4)CC3)CC2)c(Cl)c1. The molecule has 1 atom stereocenters. The minimum atomic E-state index is -3.94. The summed E-state index contributed by atoms with van der Waals surface area (Å²) in [5.74, 6) is 0.0162. The summed E-state index contributed by atoms with van der Waals surface area (Å²) in [7, 11) is -7.45. The van der Waals surface area contributed by atoms with Crippen molar-refractivity contribution in [1.82, 2.24) is 8.61 Å². The van der Waals surface area contributed by atoms with Crippen molar-refractivity contribution in [2.75, 3.05) is 37.6 Å². The zero-order valence-electron chi connectivity index (χ0n) is 23.6. The van der Waals surface area contributed by atoms with Gasteiger partial charge in [0.15, 0.2) is 0 Å². The Hall–Kier alpha value is -0.930. The lowest BCUT2D eigenvalue weighted by molar-refractivity contribution is -0.140. The number of rotatable bonds is 10. The van der Waals surface area contributed by atoms with Crippen molar-refractivity contribution in [1.29, 1.82) is 0 Å². The molecule has 3 aliphatic rings. The van der Waals surface area contributed by atoms with Gasteiger partial charge in [-0.2, -0.15) is 8.61 Å². The Labute approximate surface area is 276 Å². The van der Waals surface area contributed by atoms with Gasteiger partial charge >= 0.3 is 5.97 Å². The summed E-state index contributed by atoms with van der Waals surface area (Å²) in [5.41, 5.74) is 0.800. The first kappa shape index (κ1) is 33.4. The van der Waals surface area contributed by atoms with E-state index in [0.29, 0.717) is 51.6 Å². The van der Waals surface area contributed by atoms with Gasteiger partial charge in [-0.1, -0.05) is 42.5 Å². The first-order valence-electron chi connectivity index (χ1n) is 14.6. The summed E-state index contributed by atoms with van der Waals surface area (Å²) in [6, 6.07) is 5.26. The molecule has 0 amide bonds. The molecule has 238 valence electrons. The predicted octanol–water partition coefficient (Wildman–Crippen LogP) is 6.54. The van der Waals surface area contributed by atoms with E-state index in [0.717, 1.165) is 79.4 Å². The number of aliphatic carboxylic acids is 1. The number of sulfonamides is 2. The van der Waals surface area contributed by atoms with Crippen molar-refractivity contribution < 1.29 is 26.7 Å². The Bertz CT molecular complexity index is 1520. The van der Waals surface area contributed by atoms with Crippen molar-refractivity contribution >= 4 is 82.2 Å². The van der Waals surface area contributed by atoms with Crippen LogP contribution in [0.1, 0.15) is 57.8 Å². The number of nitrogens with zero attached hydrogens (tertiary/aromatic N) is 3. The number of benzene rings is 1. The molecule has 0 aliphatic carbocycles. The molecule has 15 heteroatoms. The van der Waals surface area contributed by atoms with Gasteiger partial charge < -0.3 is 10.0 Å². The monoisotopic (exact) mass is 755 g/mol. The van der Waals surface area contributed by atoms with E-state index in [9.17, 15) is 26.7 Å². The molecule has 4 heterocycles. The van der Waals surface area contributed by atoms with Crippen LogP contribution in [0.4, 0.5) is 5.69 Å². The number of hydrogen-bond acceptors (Lipinski definition) is 7. The van der Waals surface area contributed by atoms with Gasteiger partial charge in [0.1, 0.15) is 14.6 Å². The summed E-state index contributed by atoms with van der Waals surface area (Å²) in [5, 5.41) is 9.77. The minimum absolute atomic E-state index is 0.0247. The predicted molar refractivity (Wildman–Crippen MR) is 173 cm³/mol. The van der Waals surface area contributed by atoms with Gasteiger partial charge in [0.25, 0.3) is 10.0 Å². The Morgan fingerprint density at radius 2 is 1.53 bits per heavy atom. The van der Waals surface area contributed by atoms with E-state index in [4.69, 9.17) is 23.2 Å². The van der Waals surface area contributed by atoms with Crippen molar-refractivity contribution in [2.45, 2.75) is 72.9 Å². The summed E-state index contributed by atoms with van der Waals surface area (Å²) in [6.07, 6.45) is 7.99. The highest BCUT2D eigenvalue weighted by Gasteiger charge is 2.40. The Kier molecular flexibility index (Phi) is 10.7. The largest absolute Gasteiger partial charge is 0.480 e. The number of hydrogen-bond donors (Lipinski definition) is 1. The number of carboxylic acids is 1. The Morgan fingerprint density at radius 1 is 0.907 bits per heavy atom. The standard InChI is InChI=1S/C28H36BrCl2N3O6S3/c29-22-18-26(41-27(22)31)43(39,40)33-15-10-20(11-16-33)4-1-3-19-8-13-32(14-9-19)24-7-6-21(17-23(24)30)42(37,38)34-12-2-5-25(34)28(35)36/h6-7,17-20,25H,1-5,8-16H2,(H,35,36). The maximum absolute atomic E-state index is 13.1. The van der Waals surface area contributed by atoms with Crippen LogP contribution in [0.15, 0.2) is 37.8 Å². The molecular formula is C28H36BrCl2N3O6S3. The molecule has 3 fully saturated rings. The molecule has 1 N–H and O–H groups in total. The fraction of sp³-hybridized carbons (Fsp3) is 0.607. The van der Waals surface area contributed by atoms with Crippen LogP contribution in [0.3, 0.4) is 0 Å². The molecule has 0 bridgehead atoms. The van der Waals surface area contributed by atoms with Gasteiger partial charge in [-0.25, -0.2) is 16.8 Å². The van der Waals surface area contributed by atoms with Crippen LogP contribution in [-0.2, 0) is 24.8 Å². The third-order valence-electron chi connectivity index (χ3n) is 8.98. The van der Waals surface area contributed by atoms with Gasteiger partial charge in [0.2, 0.25) is 10.0 Å². The number of carboxylic acid groups (broad SMARTS) is 1. The van der Waals surface area contributed by atoms with Crippen LogP contribution in [0.5, 0.6) is 0 Å². The maximum Gasteiger partial charge on any atom is 0.322 e. The highest BCUT2D eigenvalue weighted by Crippen LogP contribution is 2.38. The second-order valence-electron chi connectivity index (χ2n) is 11.6. The first-order valence-corrected chi connectivity index (χ1v) is 19.9. The van der Waals surface area contributed by atoms with E-state index in [1.807, 2.05) is 0 Å². The van der Waals surface area contributed by atoms with E-state index in [-0.39, 0.29) is 15.6 Å². The molecule has 1 unspecified atom stereocenters. The van der Waals surface area contributed by atoms with Crippen LogP contribution >= 0.6 is 50.5 Å². The van der Waals surface area contributed by atoms with Gasteiger partial charge in [-0.3, -0.25) is 4.79 Å². The lowest BCUT2D eigenvalue weighted by atomic mass is 9.87. The zero-order chi connectivity index (χ0) is 30.9. The van der Waals surface area contributed by atoms with Gasteiger partial charge in [-0.05, 0) is 90.6 Å². The first-order chi connectivity index (χ1) is 20.4. The summed E-state index contributed by atoms with van der Waals surface area (Å²) >= 11 is 17.0. The maximum atomic E-state index is 13.1. The van der Waals surface area contributed by atoms with Crippen molar-refractivity contribution in [3.63, 3.8) is 0 Å². The van der Waals surface area contributed by atoms with Crippen LogP contribution in [0, 0.1) is 11.8 Å². The van der Waals surface area contributed by atoms with E-state index >= 15 is 0 Å². The molecule has 1 aromatic carbocycles. The molecule has 0 spiro atoms. The topological polar surface area (TPSA) is 115 Å². The molecule has 5 rings (SSSR count). The average Bonchev–Trinajstić information content (AvgIpc) is 3.62. The summed E-state index contributed by atoms with van der Waals surface area (Å²) in [4.78, 5) is 13.7. The van der Waals surface area contributed by atoms with Gasteiger partial charge in [0, 0.05) is 37.2 Å². The molecule has 2 aromatic rings. The van der Waals surface area contributed by atoms with Crippen molar-refractivity contribution in [3.05, 3.63) is 38.1 Å². The summed E-state index contributed by atoms with van der Waals surface area (Å²) < 4.78 is 56.2. The highest BCUT2D eigenvalue weighted by molar-refractivity contribution is 9.10. The fourth-order valence-electron chi connectivity index (χ4n) is 6.49. The third kappa shape index (κ3) is 7.40. The molecule has 1 aromatic heterocycles. The van der Waals surface area contributed by atoms with E-state index in [1.54, 1.807) is 16.4 Å². The Balaban J connectivity index is 1.06. The normalized spacial score (nSPS) is 21.9. The lowest BCUT2D eigenvalue weighted by Gasteiger charge is -2.35. The van der Waals surface area contributed by atoms with E-state index < -0.39 is 32.1 Å². The lowest BCUT2D eigenvalue weighted by Crippen LogP contribution is -2.40. The zero-order valence-corrected chi connectivity index (χ0v) is 29.2. The molecule has 9 nitrogen and oxygen atoms in total. The summed E-state index contributed by atoms with van der Waals surface area (Å²) in [6.45, 7) is 2.94. The van der Waals surface area contributed by atoms with Crippen LogP contribution in [0.25, 0.3) is 0 Å². The second kappa shape index (κ2) is 13.8. The molecule has 3 aliphatic heterocycles. The van der Waals surface area contributed by atoms with Crippen LogP contribution in [-0.4, -0.2) is 75.3 Å². The van der Waals surface area contributed by atoms with Gasteiger partial charge in [-0.15, -0.1) is 11.3 Å². The Morgan fingerprint density at radius 3 is 2.09 bits per heavy atom. The quantitative estimate of drug-likeness (QED) is 0.293. The number of anilines is 1. The van der Waals surface area contributed by atoms with E-state index in [1.165, 1.54) is 12.1 Å². The molecule has 3 saturated heterocycles. The number of piperidine rings is 2. The molecule has 43 heavy (non-hydrogen) atoms. The molecule has 0 radical (unpaired) electrons. The smallest absolute Gasteiger partial charge is 0.322 e. The van der Waals surface area contributed by atoms with Gasteiger partial charge in [0.05, 0.1) is 15.6 Å².